The Morgan fingerprint density at radius 3 is 2.70 bits per heavy atom. The van der Waals surface area contributed by atoms with Crippen LogP contribution in [0.1, 0.15) is 36.5 Å². The van der Waals surface area contributed by atoms with E-state index in [9.17, 15) is 4.39 Å². The summed E-state index contributed by atoms with van der Waals surface area (Å²) in [5.41, 5.74) is 3.95. The van der Waals surface area contributed by atoms with Crippen molar-refractivity contribution in [1.29, 1.82) is 5.41 Å². The predicted molar refractivity (Wildman–Crippen MR) is 79.9 cm³/mol. The van der Waals surface area contributed by atoms with Crippen LogP contribution in [0.2, 0.25) is 0 Å². The Morgan fingerprint density at radius 2 is 1.95 bits per heavy atom. The summed E-state index contributed by atoms with van der Waals surface area (Å²) in [7, 11) is 0. The Labute approximate surface area is 118 Å². The van der Waals surface area contributed by atoms with E-state index in [0.717, 1.165) is 11.3 Å². The van der Waals surface area contributed by atoms with Gasteiger partial charge in [0.15, 0.2) is 0 Å². The normalized spacial score (nSPS) is 14.0. The van der Waals surface area contributed by atoms with Crippen molar-refractivity contribution in [3.63, 3.8) is 0 Å². The van der Waals surface area contributed by atoms with Crippen LogP contribution in [-0.4, -0.2) is 5.84 Å². The summed E-state index contributed by atoms with van der Waals surface area (Å²) in [6, 6.07) is 12.9. The van der Waals surface area contributed by atoms with Crippen molar-refractivity contribution in [2.75, 3.05) is 4.90 Å². The lowest BCUT2D eigenvalue weighted by molar-refractivity contribution is 0.627. The highest BCUT2D eigenvalue weighted by Crippen LogP contribution is 2.30. The SMILES string of the molecule is CC(C)c1cccc(N2Cc3ccc(F)cc3C2=N)c1. The minimum atomic E-state index is -0.286. The number of anilines is 1. The molecule has 1 N–H and O–H groups in total. The number of rotatable bonds is 2. The lowest BCUT2D eigenvalue weighted by Crippen LogP contribution is -2.23. The molecule has 0 aromatic heterocycles. The van der Waals surface area contributed by atoms with Crippen molar-refractivity contribution in [1.82, 2.24) is 0 Å². The molecule has 1 aliphatic rings. The first-order valence-electron chi connectivity index (χ1n) is 6.81. The number of hydrogen-bond acceptors (Lipinski definition) is 1. The molecule has 0 radical (unpaired) electrons. The van der Waals surface area contributed by atoms with Crippen molar-refractivity contribution < 1.29 is 4.39 Å². The zero-order chi connectivity index (χ0) is 14.3. The van der Waals surface area contributed by atoms with Gasteiger partial charge in [0.25, 0.3) is 0 Å². The summed E-state index contributed by atoms with van der Waals surface area (Å²) in [4.78, 5) is 1.93. The Bertz CT molecular complexity index is 676. The van der Waals surface area contributed by atoms with E-state index in [-0.39, 0.29) is 5.82 Å². The summed E-state index contributed by atoms with van der Waals surface area (Å²) in [6.07, 6.45) is 0. The van der Waals surface area contributed by atoms with Gasteiger partial charge in [-0.3, -0.25) is 5.41 Å². The molecule has 3 heteroatoms. The second kappa shape index (κ2) is 4.75. The molecule has 20 heavy (non-hydrogen) atoms. The van der Waals surface area contributed by atoms with Crippen LogP contribution in [0.5, 0.6) is 0 Å². The molecule has 1 aliphatic heterocycles. The van der Waals surface area contributed by atoms with Crippen molar-refractivity contribution in [2.45, 2.75) is 26.3 Å². The number of fused-ring (bicyclic) bond motifs is 1. The molecule has 3 rings (SSSR count). The Kier molecular flexibility index (Phi) is 3.05. The monoisotopic (exact) mass is 268 g/mol. The van der Waals surface area contributed by atoms with Crippen LogP contribution in [0.25, 0.3) is 0 Å². The fourth-order valence-corrected chi connectivity index (χ4v) is 2.57. The van der Waals surface area contributed by atoms with E-state index in [1.807, 2.05) is 17.0 Å². The van der Waals surface area contributed by atoms with Crippen LogP contribution in [0, 0.1) is 11.2 Å². The molecule has 1 heterocycles. The van der Waals surface area contributed by atoms with Crippen molar-refractivity contribution >= 4 is 11.5 Å². The van der Waals surface area contributed by atoms with Crippen molar-refractivity contribution in [3.05, 3.63) is 65.0 Å². The molecule has 0 aliphatic carbocycles. The van der Waals surface area contributed by atoms with Gasteiger partial charge in [0.05, 0.1) is 6.54 Å². The molecule has 2 nitrogen and oxygen atoms in total. The standard InChI is InChI=1S/C17H17FN2/c1-11(2)12-4-3-5-15(8-12)20-10-13-6-7-14(18)9-16(13)17(20)19/h3-9,11,19H,10H2,1-2H3. The zero-order valence-electron chi connectivity index (χ0n) is 11.7. The number of hydrogen-bond donors (Lipinski definition) is 1. The first-order chi connectivity index (χ1) is 9.56. The molecule has 2 aromatic rings. The highest BCUT2D eigenvalue weighted by molar-refractivity contribution is 6.11. The summed E-state index contributed by atoms with van der Waals surface area (Å²) >= 11 is 0. The van der Waals surface area contributed by atoms with Gasteiger partial charge in [-0.05, 0) is 41.3 Å². The van der Waals surface area contributed by atoms with Crippen LogP contribution in [-0.2, 0) is 6.54 Å². The van der Waals surface area contributed by atoms with Crippen LogP contribution in [0.4, 0.5) is 10.1 Å². The first-order valence-corrected chi connectivity index (χ1v) is 6.81. The van der Waals surface area contributed by atoms with Crippen LogP contribution >= 0.6 is 0 Å². The molecule has 0 saturated heterocycles. The molecular formula is C17H17FN2. The molecule has 0 atom stereocenters. The zero-order valence-corrected chi connectivity index (χ0v) is 11.7. The van der Waals surface area contributed by atoms with Crippen LogP contribution < -0.4 is 4.90 Å². The maximum Gasteiger partial charge on any atom is 0.133 e. The third-order valence-corrected chi connectivity index (χ3v) is 3.77. The van der Waals surface area contributed by atoms with Gasteiger partial charge in [-0.15, -0.1) is 0 Å². The van der Waals surface area contributed by atoms with E-state index >= 15 is 0 Å². The van der Waals surface area contributed by atoms with E-state index in [0.29, 0.717) is 23.9 Å². The van der Waals surface area contributed by atoms with Gasteiger partial charge in [-0.1, -0.05) is 32.0 Å². The fraction of sp³-hybridized carbons (Fsp3) is 0.235. The van der Waals surface area contributed by atoms with Crippen LogP contribution in [0.3, 0.4) is 0 Å². The van der Waals surface area contributed by atoms with E-state index in [2.05, 4.69) is 26.0 Å². The van der Waals surface area contributed by atoms with E-state index < -0.39 is 0 Å². The lowest BCUT2D eigenvalue weighted by Gasteiger charge is -2.19. The summed E-state index contributed by atoms with van der Waals surface area (Å²) in [6.45, 7) is 4.94. The number of halogens is 1. The molecule has 0 amide bonds. The molecule has 2 aromatic carbocycles. The minimum Gasteiger partial charge on any atom is -0.322 e. The van der Waals surface area contributed by atoms with Crippen molar-refractivity contribution in [2.24, 2.45) is 0 Å². The molecule has 0 spiro atoms. The second-order valence-corrected chi connectivity index (χ2v) is 5.49. The van der Waals surface area contributed by atoms with Gasteiger partial charge >= 0.3 is 0 Å². The summed E-state index contributed by atoms with van der Waals surface area (Å²) in [5, 5.41) is 8.26. The molecule has 0 fully saturated rings. The van der Waals surface area contributed by atoms with Gasteiger partial charge in [-0.2, -0.15) is 0 Å². The van der Waals surface area contributed by atoms with Crippen LogP contribution in [0.15, 0.2) is 42.5 Å². The second-order valence-electron chi connectivity index (χ2n) is 5.49. The van der Waals surface area contributed by atoms with E-state index in [4.69, 9.17) is 5.41 Å². The lowest BCUT2D eigenvalue weighted by atomic mass is 10.0. The maximum absolute atomic E-state index is 13.3. The third kappa shape index (κ3) is 2.09. The van der Waals surface area contributed by atoms with Gasteiger partial charge in [0, 0.05) is 11.3 Å². The maximum atomic E-state index is 13.3. The Hall–Kier alpha value is -2.16. The topological polar surface area (TPSA) is 27.1 Å². The highest BCUT2D eigenvalue weighted by Gasteiger charge is 2.25. The predicted octanol–water partition coefficient (Wildman–Crippen LogP) is 4.29. The fourth-order valence-electron chi connectivity index (χ4n) is 2.57. The number of amidine groups is 1. The number of nitrogens with one attached hydrogen (secondary N) is 1. The number of nitrogens with zero attached hydrogens (tertiary/aromatic N) is 1. The molecular weight excluding hydrogens is 251 g/mol. The van der Waals surface area contributed by atoms with Gasteiger partial charge in [-0.25, -0.2) is 4.39 Å². The average molecular weight is 268 g/mol. The summed E-state index contributed by atoms with van der Waals surface area (Å²) in [5.74, 6) is 0.540. The molecule has 0 bridgehead atoms. The molecule has 0 unspecified atom stereocenters. The van der Waals surface area contributed by atoms with Crippen molar-refractivity contribution in [3.8, 4) is 0 Å². The summed E-state index contributed by atoms with van der Waals surface area (Å²) < 4.78 is 13.3. The third-order valence-electron chi connectivity index (χ3n) is 3.77. The quantitative estimate of drug-likeness (QED) is 0.864. The van der Waals surface area contributed by atoms with Gasteiger partial charge in [0.1, 0.15) is 11.7 Å². The largest absolute Gasteiger partial charge is 0.322 e. The molecule has 0 saturated carbocycles. The number of benzene rings is 2. The van der Waals surface area contributed by atoms with E-state index in [1.54, 1.807) is 6.07 Å². The van der Waals surface area contributed by atoms with E-state index in [1.165, 1.54) is 17.7 Å². The Morgan fingerprint density at radius 1 is 1.15 bits per heavy atom. The first kappa shape index (κ1) is 12.9. The molecule has 102 valence electrons. The van der Waals surface area contributed by atoms with Gasteiger partial charge in [0.2, 0.25) is 0 Å². The minimum absolute atomic E-state index is 0.286. The average Bonchev–Trinajstić information content (AvgIpc) is 2.76. The Balaban J connectivity index is 1.98. The smallest absolute Gasteiger partial charge is 0.133 e. The highest BCUT2D eigenvalue weighted by atomic mass is 19.1. The van der Waals surface area contributed by atoms with Gasteiger partial charge < -0.3 is 4.90 Å².